The van der Waals surface area contributed by atoms with Crippen LogP contribution in [0.3, 0.4) is 0 Å². The first-order valence-corrected chi connectivity index (χ1v) is 8.55. The molecule has 1 amide bonds. The van der Waals surface area contributed by atoms with Gasteiger partial charge in [0, 0.05) is 49.8 Å². The number of nitriles is 1. The number of hydrogen-bond donors (Lipinski definition) is 0. The number of aromatic nitrogens is 1. The van der Waals surface area contributed by atoms with Crippen molar-refractivity contribution in [2.45, 2.75) is 33.3 Å². The van der Waals surface area contributed by atoms with Gasteiger partial charge in [0.25, 0.3) is 0 Å². The fourth-order valence-corrected chi connectivity index (χ4v) is 3.05. The minimum atomic E-state index is 0.0307. The minimum Gasteiger partial charge on any atom is -0.391 e. The van der Waals surface area contributed by atoms with E-state index in [2.05, 4.69) is 11.2 Å². The van der Waals surface area contributed by atoms with Gasteiger partial charge in [0.1, 0.15) is 12.7 Å². The summed E-state index contributed by atoms with van der Waals surface area (Å²) in [5, 5.41) is 13.6. The van der Waals surface area contributed by atoms with Gasteiger partial charge in [0.2, 0.25) is 5.91 Å². The zero-order valence-corrected chi connectivity index (χ0v) is 14.6. The Kier molecular flexibility index (Phi) is 5.03. The molecule has 0 bridgehead atoms. The Morgan fingerprint density at radius 2 is 2.12 bits per heavy atom. The van der Waals surface area contributed by atoms with Crippen LogP contribution < -0.4 is 0 Å². The van der Waals surface area contributed by atoms with Crippen LogP contribution in [0.4, 0.5) is 0 Å². The second kappa shape index (κ2) is 7.39. The van der Waals surface area contributed by atoms with Gasteiger partial charge >= 0.3 is 0 Å². The number of amides is 1. The molecule has 1 aliphatic heterocycles. The van der Waals surface area contributed by atoms with Crippen LogP contribution in [0.1, 0.15) is 37.8 Å². The Morgan fingerprint density at radius 3 is 2.80 bits per heavy atom. The van der Waals surface area contributed by atoms with Gasteiger partial charge in [-0.2, -0.15) is 5.26 Å². The van der Waals surface area contributed by atoms with E-state index in [1.165, 1.54) is 0 Å². The third-order valence-electron chi connectivity index (χ3n) is 4.43. The maximum Gasteiger partial charge on any atom is 0.225 e. The largest absolute Gasteiger partial charge is 0.391 e. The van der Waals surface area contributed by atoms with Crippen LogP contribution in [-0.2, 0) is 16.2 Å². The Balaban J connectivity index is 1.60. The Hall–Kier alpha value is -2.81. The molecule has 6 nitrogen and oxygen atoms in total. The van der Waals surface area contributed by atoms with Crippen molar-refractivity contribution < 1.29 is 9.63 Å². The van der Waals surface area contributed by atoms with E-state index in [-0.39, 0.29) is 18.4 Å². The van der Waals surface area contributed by atoms with Gasteiger partial charge in [-0.15, -0.1) is 0 Å². The Morgan fingerprint density at radius 1 is 1.36 bits per heavy atom. The van der Waals surface area contributed by atoms with E-state index in [0.29, 0.717) is 18.7 Å². The average molecular weight is 338 g/mol. The maximum atomic E-state index is 12.0. The van der Waals surface area contributed by atoms with Crippen LogP contribution >= 0.6 is 0 Å². The summed E-state index contributed by atoms with van der Waals surface area (Å²) in [7, 11) is 0. The topological polar surface area (TPSA) is 70.1 Å². The van der Waals surface area contributed by atoms with E-state index in [1.54, 1.807) is 0 Å². The smallest absolute Gasteiger partial charge is 0.225 e. The van der Waals surface area contributed by atoms with Gasteiger partial charge in [-0.25, -0.2) is 0 Å². The number of carbonyl (C=O) groups is 1. The van der Waals surface area contributed by atoms with Gasteiger partial charge in [-0.1, -0.05) is 25.1 Å². The number of rotatable bonds is 4. The molecule has 1 saturated heterocycles. The van der Waals surface area contributed by atoms with Crippen molar-refractivity contribution in [1.82, 2.24) is 9.30 Å². The lowest BCUT2D eigenvalue weighted by Crippen LogP contribution is -2.40. The Labute approximate surface area is 147 Å². The SMILES string of the molecule is CC(C)C(=O)N1CCC(=NOCc2cn3ccccc3c2C#N)CC1. The highest BCUT2D eigenvalue weighted by molar-refractivity contribution is 5.87. The standard InChI is InChI=1S/C19H22N4O2/c1-14(2)19(24)22-9-6-16(7-10-22)21-25-13-15-12-23-8-4-3-5-18(23)17(15)11-20/h3-5,8,12,14H,6-7,9-10,13H2,1-2H3. The molecule has 0 spiro atoms. The molecular weight excluding hydrogens is 316 g/mol. The first-order chi connectivity index (χ1) is 12.1. The van der Waals surface area contributed by atoms with Crippen LogP contribution in [0.25, 0.3) is 5.52 Å². The van der Waals surface area contributed by atoms with E-state index in [9.17, 15) is 10.1 Å². The van der Waals surface area contributed by atoms with Crippen molar-refractivity contribution >= 4 is 17.1 Å². The number of piperidine rings is 1. The minimum absolute atomic E-state index is 0.0307. The lowest BCUT2D eigenvalue weighted by Gasteiger charge is -2.28. The predicted molar refractivity (Wildman–Crippen MR) is 95.0 cm³/mol. The highest BCUT2D eigenvalue weighted by Gasteiger charge is 2.22. The van der Waals surface area contributed by atoms with Crippen molar-refractivity contribution in [2.24, 2.45) is 11.1 Å². The fraction of sp³-hybridized carbons (Fsp3) is 0.421. The third-order valence-corrected chi connectivity index (χ3v) is 4.43. The summed E-state index contributed by atoms with van der Waals surface area (Å²) in [4.78, 5) is 19.4. The van der Waals surface area contributed by atoms with Crippen molar-refractivity contribution in [3.8, 4) is 6.07 Å². The van der Waals surface area contributed by atoms with Crippen molar-refractivity contribution in [3.05, 3.63) is 41.7 Å². The second-order valence-electron chi connectivity index (χ2n) is 6.55. The summed E-state index contributed by atoms with van der Waals surface area (Å²) in [6.45, 7) is 5.49. The number of carbonyl (C=O) groups excluding carboxylic acids is 1. The summed E-state index contributed by atoms with van der Waals surface area (Å²) >= 11 is 0. The number of nitrogens with zero attached hydrogens (tertiary/aromatic N) is 4. The quantitative estimate of drug-likeness (QED) is 0.805. The van der Waals surface area contributed by atoms with Crippen molar-refractivity contribution in [2.75, 3.05) is 13.1 Å². The second-order valence-corrected chi connectivity index (χ2v) is 6.55. The lowest BCUT2D eigenvalue weighted by molar-refractivity contribution is -0.134. The molecule has 0 aromatic carbocycles. The average Bonchev–Trinajstić information content (AvgIpc) is 2.99. The summed E-state index contributed by atoms with van der Waals surface area (Å²) in [5.74, 6) is 0.224. The van der Waals surface area contributed by atoms with Gasteiger partial charge in [0.15, 0.2) is 0 Å². The molecule has 25 heavy (non-hydrogen) atoms. The van der Waals surface area contributed by atoms with E-state index in [1.807, 2.05) is 53.7 Å². The molecule has 0 radical (unpaired) electrons. The molecule has 6 heteroatoms. The first kappa shape index (κ1) is 17.0. The predicted octanol–water partition coefficient (Wildman–Crippen LogP) is 2.96. The van der Waals surface area contributed by atoms with Crippen LogP contribution in [0.15, 0.2) is 35.7 Å². The molecule has 2 aromatic rings. The molecule has 2 aromatic heterocycles. The van der Waals surface area contributed by atoms with Crippen LogP contribution in [0.2, 0.25) is 0 Å². The highest BCUT2D eigenvalue weighted by atomic mass is 16.6. The molecule has 0 aliphatic carbocycles. The number of likely N-dealkylation sites (tertiary alicyclic amines) is 1. The zero-order chi connectivity index (χ0) is 17.8. The molecule has 1 fully saturated rings. The van der Waals surface area contributed by atoms with Gasteiger partial charge in [-0.05, 0) is 12.1 Å². The molecule has 0 saturated carbocycles. The maximum absolute atomic E-state index is 12.0. The number of hydrogen-bond acceptors (Lipinski definition) is 4. The van der Waals surface area contributed by atoms with Crippen LogP contribution in [0, 0.1) is 17.2 Å². The molecule has 3 heterocycles. The summed E-state index contributed by atoms with van der Waals surface area (Å²) < 4.78 is 1.92. The first-order valence-electron chi connectivity index (χ1n) is 8.55. The molecular formula is C19H22N4O2. The summed E-state index contributed by atoms with van der Waals surface area (Å²) in [6, 6.07) is 7.99. The van der Waals surface area contributed by atoms with Gasteiger partial charge in [-0.3, -0.25) is 4.79 Å². The van der Waals surface area contributed by atoms with Crippen molar-refractivity contribution in [1.29, 1.82) is 5.26 Å². The molecule has 0 unspecified atom stereocenters. The van der Waals surface area contributed by atoms with E-state index in [0.717, 1.165) is 29.6 Å². The Bertz CT molecular complexity index is 835. The van der Waals surface area contributed by atoms with Crippen molar-refractivity contribution in [3.63, 3.8) is 0 Å². The summed E-state index contributed by atoms with van der Waals surface area (Å²) in [5.41, 5.74) is 3.29. The van der Waals surface area contributed by atoms with E-state index < -0.39 is 0 Å². The monoisotopic (exact) mass is 338 g/mol. The van der Waals surface area contributed by atoms with E-state index >= 15 is 0 Å². The normalized spacial score (nSPS) is 14.6. The number of pyridine rings is 1. The zero-order valence-electron chi connectivity index (χ0n) is 14.6. The number of oxime groups is 1. The molecule has 0 N–H and O–H groups in total. The highest BCUT2D eigenvalue weighted by Crippen LogP contribution is 2.19. The molecule has 0 atom stereocenters. The van der Waals surface area contributed by atoms with Crippen LogP contribution in [0.5, 0.6) is 0 Å². The third kappa shape index (κ3) is 3.66. The molecule has 130 valence electrons. The van der Waals surface area contributed by atoms with Gasteiger partial charge in [0.05, 0.1) is 16.8 Å². The fourth-order valence-electron chi connectivity index (χ4n) is 3.05. The summed E-state index contributed by atoms with van der Waals surface area (Å²) in [6.07, 6.45) is 5.29. The van der Waals surface area contributed by atoms with Crippen LogP contribution in [-0.4, -0.2) is 34.0 Å². The molecule has 1 aliphatic rings. The lowest BCUT2D eigenvalue weighted by atomic mass is 10.1. The van der Waals surface area contributed by atoms with E-state index in [4.69, 9.17) is 4.84 Å². The number of fused-ring (bicyclic) bond motifs is 1. The molecule has 3 rings (SSSR count). The van der Waals surface area contributed by atoms with Gasteiger partial charge < -0.3 is 14.1 Å².